The molecule has 110 valence electrons. The van der Waals surface area contributed by atoms with Gasteiger partial charge < -0.3 is 5.32 Å². The van der Waals surface area contributed by atoms with Crippen molar-refractivity contribution in [2.75, 3.05) is 6.54 Å². The van der Waals surface area contributed by atoms with Gasteiger partial charge in [-0.2, -0.15) is 11.3 Å². The highest BCUT2D eigenvalue weighted by molar-refractivity contribution is 7.07. The minimum atomic E-state index is 0.600. The molecular weight excluding hydrogens is 262 g/mol. The van der Waals surface area contributed by atoms with E-state index in [-0.39, 0.29) is 0 Å². The number of rotatable bonds is 5. The van der Waals surface area contributed by atoms with Crippen molar-refractivity contribution in [1.82, 2.24) is 5.32 Å². The van der Waals surface area contributed by atoms with Crippen LogP contribution in [0.3, 0.4) is 0 Å². The van der Waals surface area contributed by atoms with E-state index in [9.17, 15) is 0 Å². The zero-order valence-corrected chi connectivity index (χ0v) is 13.4. The molecule has 1 nitrogen and oxygen atoms in total. The fourth-order valence-electron chi connectivity index (χ4n) is 6.00. The van der Waals surface area contributed by atoms with Gasteiger partial charge in [0.15, 0.2) is 0 Å². The predicted octanol–water partition coefficient (Wildman–Crippen LogP) is 5.01. The van der Waals surface area contributed by atoms with E-state index in [2.05, 4.69) is 29.1 Å². The quantitative estimate of drug-likeness (QED) is 0.804. The molecule has 4 bridgehead atoms. The van der Waals surface area contributed by atoms with Crippen molar-refractivity contribution in [2.24, 2.45) is 23.2 Å². The van der Waals surface area contributed by atoms with Crippen LogP contribution in [0.1, 0.15) is 63.5 Å². The molecule has 1 N–H and O–H groups in total. The highest BCUT2D eigenvalue weighted by Crippen LogP contribution is 2.62. The fourth-order valence-corrected chi connectivity index (χ4v) is 6.71. The summed E-state index contributed by atoms with van der Waals surface area (Å²) >= 11 is 1.85. The van der Waals surface area contributed by atoms with E-state index in [4.69, 9.17) is 0 Å². The average molecular weight is 289 g/mol. The molecule has 0 spiro atoms. The maximum Gasteiger partial charge on any atom is 0.0333 e. The normalized spacial score (nSPS) is 40.1. The maximum absolute atomic E-state index is 3.77. The summed E-state index contributed by atoms with van der Waals surface area (Å²) in [5, 5.41) is 8.36. The van der Waals surface area contributed by atoms with E-state index in [0.717, 1.165) is 24.3 Å². The van der Waals surface area contributed by atoms with E-state index in [1.807, 2.05) is 11.3 Å². The minimum absolute atomic E-state index is 0.600. The first-order chi connectivity index (χ1) is 9.76. The molecule has 1 unspecified atom stereocenters. The Morgan fingerprint density at radius 2 is 1.85 bits per heavy atom. The van der Waals surface area contributed by atoms with Gasteiger partial charge in [-0.3, -0.25) is 0 Å². The van der Waals surface area contributed by atoms with Crippen molar-refractivity contribution in [1.29, 1.82) is 0 Å². The molecule has 5 rings (SSSR count). The molecule has 0 aromatic carbocycles. The Morgan fingerprint density at radius 3 is 2.35 bits per heavy atom. The molecule has 20 heavy (non-hydrogen) atoms. The Morgan fingerprint density at radius 1 is 1.20 bits per heavy atom. The van der Waals surface area contributed by atoms with Gasteiger partial charge in [0.1, 0.15) is 0 Å². The van der Waals surface area contributed by atoms with Crippen molar-refractivity contribution in [3.05, 3.63) is 22.4 Å². The summed E-state index contributed by atoms with van der Waals surface area (Å²) in [5.74, 6) is 3.23. The number of nitrogens with one attached hydrogen (secondary N) is 1. The third kappa shape index (κ3) is 2.35. The van der Waals surface area contributed by atoms with Crippen LogP contribution in [-0.2, 0) is 0 Å². The van der Waals surface area contributed by atoms with Gasteiger partial charge >= 0.3 is 0 Å². The summed E-state index contributed by atoms with van der Waals surface area (Å²) in [4.78, 5) is 0. The molecule has 2 heteroatoms. The molecule has 0 aliphatic heterocycles. The predicted molar refractivity (Wildman–Crippen MR) is 86.0 cm³/mol. The fraction of sp³-hybridized carbons (Fsp3) is 0.778. The summed E-state index contributed by atoms with van der Waals surface area (Å²) in [7, 11) is 0. The van der Waals surface area contributed by atoms with Gasteiger partial charge in [0.25, 0.3) is 0 Å². The molecule has 1 aromatic rings. The highest BCUT2D eigenvalue weighted by atomic mass is 32.1. The zero-order chi connectivity index (χ0) is 13.6. The van der Waals surface area contributed by atoms with Gasteiger partial charge in [0.05, 0.1) is 0 Å². The number of thiophene rings is 1. The molecule has 4 aliphatic carbocycles. The van der Waals surface area contributed by atoms with E-state index in [1.165, 1.54) is 31.2 Å². The van der Waals surface area contributed by atoms with Gasteiger partial charge in [-0.25, -0.2) is 0 Å². The second kappa shape index (κ2) is 5.14. The smallest absolute Gasteiger partial charge is 0.0333 e. The van der Waals surface area contributed by atoms with Crippen LogP contribution in [0, 0.1) is 23.2 Å². The van der Waals surface area contributed by atoms with Crippen LogP contribution in [0.2, 0.25) is 0 Å². The van der Waals surface area contributed by atoms with E-state index in [0.29, 0.717) is 11.5 Å². The topological polar surface area (TPSA) is 12.0 Å². The molecule has 4 aliphatic rings. The molecule has 0 saturated heterocycles. The van der Waals surface area contributed by atoms with Crippen molar-refractivity contribution in [2.45, 2.75) is 57.9 Å². The van der Waals surface area contributed by atoms with Crippen LogP contribution in [0.25, 0.3) is 0 Å². The van der Waals surface area contributed by atoms with Crippen molar-refractivity contribution in [3.63, 3.8) is 0 Å². The largest absolute Gasteiger partial charge is 0.310 e. The lowest BCUT2D eigenvalue weighted by Gasteiger charge is -2.57. The van der Waals surface area contributed by atoms with E-state index in [1.54, 1.807) is 19.3 Å². The summed E-state index contributed by atoms with van der Waals surface area (Å²) in [6.45, 7) is 3.34. The monoisotopic (exact) mass is 289 g/mol. The number of hydrogen-bond donors (Lipinski definition) is 1. The first-order valence-corrected chi connectivity index (χ1v) is 9.46. The lowest BCUT2D eigenvalue weighted by molar-refractivity contribution is -0.0621. The summed E-state index contributed by atoms with van der Waals surface area (Å²) in [6, 6.07) is 2.93. The van der Waals surface area contributed by atoms with Gasteiger partial charge in [-0.15, -0.1) is 0 Å². The molecule has 4 saturated carbocycles. The maximum atomic E-state index is 3.77. The van der Waals surface area contributed by atoms with E-state index >= 15 is 0 Å². The van der Waals surface area contributed by atoms with Gasteiger partial charge in [0.2, 0.25) is 0 Å². The van der Waals surface area contributed by atoms with Crippen molar-refractivity contribution in [3.8, 4) is 0 Å². The lowest BCUT2D eigenvalue weighted by Crippen LogP contribution is -2.47. The SMILES string of the molecule is CCNC(CC12CC3CC(CC(C3)C1)C2)c1ccsc1. The van der Waals surface area contributed by atoms with Crippen LogP contribution in [0.5, 0.6) is 0 Å². The first-order valence-electron chi connectivity index (χ1n) is 8.52. The van der Waals surface area contributed by atoms with Crippen LogP contribution in [0.4, 0.5) is 0 Å². The molecule has 1 aromatic heterocycles. The van der Waals surface area contributed by atoms with Crippen molar-refractivity contribution < 1.29 is 0 Å². The summed E-state index contributed by atoms with van der Waals surface area (Å²) in [6.07, 6.45) is 10.7. The number of hydrogen-bond acceptors (Lipinski definition) is 2. The highest BCUT2D eigenvalue weighted by Gasteiger charge is 2.51. The zero-order valence-electron chi connectivity index (χ0n) is 12.6. The summed E-state index contributed by atoms with van der Waals surface area (Å²) < 4.78 is 0. The second-order valence-electron chi connectivity index (χ2n) is 7.79. The van der Waals surface area contributed by atoms with Crippen LogP contribution in [-0.4, -0.2) is 6.54 Å². The Hall–Kier alpha value is -0.340. The third-order valence-corrected chi connectivity index (χ3v) is 6.90. The lowest BCUT2D eigenvalue weighted by atomic mass is 9.48. The molecule has 4 fully saturated rings. The van der Waals surface area contributed by atoms with Gasteiger partial charge in [0, 0.05) is 6.04 Å². The van der Waals surface area contributed by atoms with Gasteiger partial charge in [-0.05, 0) is 97.0 Å². The molecule has 0 amide bonds. The minimum Gasteiger partial charge on any atom is -0.310 e. The van der Waals surface area contributed by atoms with Gasteiger partial charge in [-0.1, -0.05) is 6.92 Å². The Bertz CT molecular complexity index is 415. The van der Waals surface area contributed by atoms with Crippen LogP contribution in [0.15, 0.2) is 16.8 Å². The average Bonchev–Trinajstić information content (AvgIpc) is 2.90. The Labute approximate surface area is 127 Å². The molecular formula is C18H27NS. The van der Waals surface area contributed by atoms with E-state index < -0.39 is 0 Å². The molecule has 0 radical (unpaired) electrons. The second-order valence-corrected chi connectivity index (χ2v) is 8.57. The Balaban J connectivity index is 1.54. The molecule has 1 atom stereocenters. The van der Waals surface area contributed by atoms with Crippen LogP contribution < -0.4 is 5.32 Å². The Kier molecular flexibility index (Phi) is 3.42. The summed E-state index contributed by atoms with van der Waals surface area (Å²) in [5.41, 5.74) is 2.22. The van der Waals surface area contributed by atoms with Crippen molar-refractivity contribution >= 4 is 11.3 Å². The standard InChI is InChI=1S/C18H27NS/c1-2-19-17(16-3-4-20-12-16)11-18-8-13-5-14(9-18)7-15(6-13)10-18/h3-4,12-15,17,19H,2,5-11H2,1H3. The molecule has 1 heterocycles. The van der Waals surface area contributed by atoms with Crippen LogP contribution >= 0.6 is 11.3 Å². The first kappa shape index (κ1) is 13.3. The third-order valence-electron chi connectivity index (χ3n) is 6.20.